The standard InChI is InChI=1S/C19H24F2N4O4S/c1-11-8-13(20)12(14(21)9-11)10-29-16-15(18(26)27)17(30-24-16)23-19(28)22-6-4-5-7-25(2)3/h8-9H,4-7,10H2,1-3H3,(H,26,27)(H2,22,23,28). The summed E-state index contributed by atoms with van der Waals surface area (Å²) in [5.74, 6) is -3.31. The van der Waals surface area contributed by atoms with Crippen LogP contribution in [0.2, 0.25) is 0 Å². The Morgan fingerprint density at radius 2 is 1.90 bits per heavy atom. The van der Waals surface area contributed by atoms with Crippen LogP contribution in [0, 0.1) is 18.6 Å². The first-order valence-electron chi connectivity index (χ1n) is 9.19. The topological polar surface area (TPSA) is 104 Å². The van der Waals surface area contributed by atoms with E-state index in [1.807, 2.05) is 19.0 Å². The molecule has 1 aromatic carbocycles. The molecule has 0 atom stereocenters. The second-order valence-corrected chi connectivity index (χ2v) is 7.66. The van der Waals surface area contributed by atoms with Crippen molar-refractivity contribution < 1.29 is 28.2 Å². The number of halogens is 2. The molecule has 2 rings (SSSR count). The summed E-state index contributed by atoms with van der Waals surface area (Å²) in [5, 5.41) is 14.5. The summed E-state index contributed by atoms with van der Waals surface area (Å²) in [4.78, 5) is 25.6. The van der Waals surface area contributed by atoms with E-state index in [1.54, 1.807) is 6.92 Å². The van der Waals surface area contributed by atoms with E-state index >= 15 is 0 Å². The Bertz CT molecular complexity index is 882. The normalized spacial score (nSPS) is 10.9. The van der Waals surface area contributed by atoms with Gasteiger partial charge in [0.1, 0.15) is 23.2 Å². The van der Waals surface area contributed by atoms with Crippen LogP contribution >= 0.6 is 11.5 Å². The highest BCUT2D eigenvalue weighted by Crippen LogP contribution is 2.31. The molecule has 30 heavy (non-hydrogen) atoms. The molecular weight excluding hydrogens is 418 g/mol. The SMILES string of the molecule is Cc1cc(F)c(COc2nsc(NC(=O)NCCCCN(C)C)c2C(=O)O)c(F)c1. The highest BCUT2D eigenvalue weighted by Gasteiger charge is 2.24. The number of nitrogens with zero attached hydrogens (tertiary/aromatic N) is 2. The summed E-state index contributed by atoms with van der Waals surface area (Å²) in [6, 6.07) is 1.72. The number of hydrogen-bond donors (Lipinski definition) is 3. The number of benzene rings is 1. The Hall–Kier alpha value is -2.79. The summed E-state index contributed by atoms with van der Waals surface area (Å²) >= 11 is 0.705. The fourth-order valence-corrected chi connectivity index (χ4v) is 3.28. The predicted molar refractivity (Wildman–Crippen MR) is 109 cm³/mol. The number of aromatic carboxylic acids is 1. The van der Waals surface area contributed by atoms with Crippen molar-refractivity contribution in [1.29, 1.82) is 0 Å². The van der Waals surface area contributed by atoms with Crippen LogP contribution in [-0.4, -0.2) is 53.6 Å². The van der Waals surface area contributed by atoms with Gasteiger partial charge in [-0.15, -0.1) is 0 Å². The number of ether oxygens (including phenoxy) is 1. The van der Waals surface area contributed by atoms with Gasteiger partial charge in [0.05, 0.1) is 5.56 Å². The molecule has 1 aromatic heterocycles. The number of hydrogen-bond acceptors (Lipinski definition) is 6. The maximum absolute atomic E-state index is 13.9. The molecule has 0 bridgehead atoms. The second kappa shape index (κ2) is 10.8. The van der Waals surface area contributed by atoms with Crippen LogP contribution in [0.5, 0.6) is 5.88 Å². The number of aromatic nitrogens is 1. The van der Waals surface area contributed by atoms with Crippen LogP contribution in [0.4, 0.5) is 18.6 Å². The van der Waals surface area contributed by atoms with Gasteiger partial charge in [0.15, 0.2) is 5.56 Å². The van der Waals surface area contributed by atoms with Crippen LogP contribution in [0.3, 0.4) is 0 Å². The molecular formula is C19H24F2N4O4S. The Kier molecular flexibility index (Phi) is 8.48. The van der Waals surface area contributed by atoms with E-state index < -0.39 is 30.2 Å². The van der Waals surface area contributed by atoms with Gasteiger partial charge >= 0.3 is 12.0 Å². The van der Waals surface area contributed by atoms with Gasteiger partial charge in [0.2, 0.25) is 5.88 Å². The Labute approximate surface area is 177 Å². The van der Waals surface area contributed by atoms with Crippen molar-refractivity contribution in [1.82, 2.24) is 14.6 Å². The van der Waals surface area contributed by atoms with Crippen molar-refractivity contribution in [3.05, 3.63) is 40.5 Å². The number of unbranched alkanes of at least 4 members (excludes halogenated alkanes) is 1. The minimum Gasteiger partial charge on any atom is -0.477 e. The van der Waals surface area contributed by atoms with Gasteiger partial charge in [-0.2, -0.15) is 4.37 Å². The largest absolute Gasteiger partial charge is 0.477 e. The van der Waals surface area contributed by atoms with Crippen molar-refractivity contribution in [2.24, 2.45) is 0 Å². The molecule has 0 unspecified atom stereocenters. The van der Waals surface area contributed by atoms with Crippen molar-refractivity contribution in [3.63, 3.8) is 0 Å². The first-order chi connectivity index (χ1) is 14.2. The zero-order chi connectivity index (χ0) is 22.3. The minimum atomic E-state index is -1.38. The van der Waals surface area contributed by atoms with E-state index in [4.69, 9.17) is 4.74 Å². The van der Waals surface area contributed by atoms with Crippen LogP contribution in [0.15, 0.2) is 12.1 Å². The highest BCUT2D eigenvalue weighted by atomic mass is 32.1. The van der Waals surface area contributed by atoms with Crippen molar-refractivity contribution in [2.75, 3.05) is 32.5 Å². The molecule has 0 aliphatic rings. The number of aryl methyl sites for hydroxylation is 1. The Balaban J connectivity index is 2.00. The molecule has 0 saturated carbocycles. The number of carbonyl (C=O) groups excluding carboxylic acids is 1. The van der Waals surface area contributed by atoms with Gasteiger partial charge in [-0.1, -0.05) is 0 Å². The maximum Gasteiger partial charge on any atom is 0.344 e. The summed E-state index contributed by atoms with van der Waals surface area (Å²) in [5.41, 5.74) is -0.307. The number of amides is 2. The zero-order valence-electron chi connectivity index (χ0n) is 16.9. The van der Waals surface area contributed by atoms with Gasteiger partial charge in [-0.3, -0.25) is 5.32 Å². The average Bonchev–Trinajstić information content (AvgIpc) is 3.02. The second-order valence-electron chi connectivity index (χ2n) is 6.88. The van der Waals surface area contributed by atoms with E-state index in [9.17, 15) is 23.5 Å². The summed E-state index contributed by atoms with van der Waals surface area (Å²) in [6.07, 6.45) is 1.67. The van der Waals surface area contributed by atoms with E-state index in [1.165, 1.54) is 0 Å². The lowest BCUT2D eigenvalue weighted by Crippen LogP contribution is -2.30. The lowest BCUT2D eigenvalue weighted by atomic mass is 10.1. The quantitative estimate of drug-likeness (QED) is 0.487. The van der Waals surface area contributed by atoms with Crippen LogP contribution in [0.25, 0.3) is 0 Å². The van der Waals surface area contributed by atoms with Crippen molar-refractivity contribution in [2.45, 2.75) is 26.4 Å². The van der Waals surface area contributed by atoms with Gasteiger partial charge in [0, 0.05) is 6.54 Å². The highest BCUT2D eigenvalue weighted by molar-refractivity contribution is 7.11. The monoisotopic (exact) mass is 442 g/mol. The van der Waals surface area contributed by atoms with Crippen molar-refractivity contribution >= 4 is 28.5 Å². The van der Waals surface area contributed by atoms with Crippen LogP contribution in [0.1, 0.15) is 34.3 Å². The molecule has 3 N–H and O–H groups in total. The molecule has 0 saturated heterocycles. The molecule has 0 aliphatic heterocycles. The third-order valence-corrected chi connectivity index (χ3v) is 4.80. The minimum absolute atomic E-state index is 0.0341. The summed E-state index contributed by atoms with van der Waals surface area (Å²) in [7, 11) is 3.91. The molecule has 8 nitrogen and oxygen atoms in total. The number of rotatable bonds is 10. The van der Waals surface area contributed by atoms with E-state index in [0.717, 1.165) is 31.5 Å². The molecule has 164 valence electrons. The van der Waals surface area contributed by atoms with Crippen molar-refractivity contribution in [3.8, 4) is 5.88 Å². The fourth-order valence-electron chi connectivity index (χ4n) is 2.56. The molecule has 11 heteroatoms. The number of carboxylic acids is 1. The van der Waals surface area contributed by atoms with Gasteiger partial charge in [-0.25, -0.2) is 18.4 Å². The average molecular weight is 442 g/mol. The van der Waals surface area contributed by atoms with Crippen LogP contribution < -0.4 is 15.4 Å². The molecule has 0 fully saturated rings. The summed E-state index contributed by atoms with van der Waals surface area (Å²) in [6.45, 7) is 2.32. The maximum atomic E-state index is 13.9. The first-order valence-corrected chi connectivity index (χ1v) is 9.96. The van der Waals surface area contributed by atoms with Crippen LogP contribution in [-0.2, 0) is 6.61 Å². The Morgan fingerprint density at radius 1 is 1.23 bits per heavy atom. The lowest BCUT2D eigenvalue weighted by Gasteiger charge is -2.10. The molecule has 1 heterocycles. The number of carboxylic acid groups (broad SMARTS) is 1. The number of carbonyl (C=O) groups is 2. The molecule has 2 amide bonds. The fraction of sp³-hybridized carbons (Fsp3) is 0.421. The lowest BCUT2D eigenvalue weighted by molar-refractivity contribution is 0.0693. The number of nitrogens with one attached hydrogen (secondary N) is 2. The van der Waals surface area contributed by atoms with Gasteiger partial charge < -0.3 is 20.1 Å². The molecule has 0 aliphatic carbocycles. The molecule has 0 radical (unpaired) electrons. The van der Waals surface area contributed by atoms with Gasteiger partial charge in [-0.05, 0) is 69.6 Å². The third kappa shape index (κ3) is 6.63. The molecule has 0 spiro atoms. The third-order valence-electron chi connectivity index (χ3n) is 4.06. The van der Waals surface area contributed by atoms with E-state index in [2.05, 4.69) is 15.0 Å². The Morgan fingerprint density at radius 3 is 2.50 bits per heavy atom. The van der Waals surface area contributed by atoms with E-state index in [-0.39, 0.29) is 22.0 Å². The van der Waals surface area contributed by atoms with Gasteiger partial charge in [0.25, 0.3) is 0 Å². The first kappa shape index (κ1) is 23.5. The smallest absolute Gasteiger partial charge is 0.344 e. The predicted octanol–water partition coefficient (Wildman–Crippen LogP) is 3.47. The number of anilines is 1. The zero-order valence-corrected chi connectivity index (χ0v) is 17.7. The number of urea groups is 1. The summed E-state index contributed by atoms with van der Waals surface area (Å²) < 4.78 is 37.0. The molecule has 2 aromatic rings. The van der Waals surface area contributed by atoms with E-state index in [0.29, 0.717) is 23.6 Å².